The Balaban J connectivity index is 1.86. The van der Waals surface area contributed by atoms with Gasteiger partial charge in [-0.3, -0.25) is 4.79 Å². The van der Waals surface area contributed by atoms with E-state index in [9.17, 15) is 4.79 Å². The molecule has 3 rings (SSSR count). The zero-order valence-electron chi connectivity index (χ0n) is 11.9. The molecule has 1 aromatic rings. The van der Waals surface area contributed by atoms with Crippen LogP contribution in [0.1, 0.15) is 49.5 Å². The summed E-state index contributed by atoms with van der Waals surface area (Å²) in [6.45, 7) is 2.93. The topological polar surface area (TPSA) is 51.3 Å². The lowest BCUT2D eigenvalue weighted by Gasteiger charge is -2.37. The molecule has 2 saturated heterocycles. The molecule has 0 saturated carbocycles. The number of nitrogens with zero attached hydrogens (tertiary/aromatic N) is 2. The predicted octanol–water partition coefficient (Wildman–Crippen LogP) is 2.65. The molecule has 4 nitrogen and oxygen atoms in total. The average molecular weight is 296 g/mol. The highest BCUT2D eigenvalue weighted by molar-refractivity contribution is 6.31. The smallest absolute Gasteiger partial charge is 0.271 e. The third kappa shape index (κ3) is 2.35. The van der Waals surface area contributed by atoms with E-state index in [4.69, 9.17) is 17.3 Å². The number of nitrogens with two attached hydrogens (primary N) is 1. The summed E-state index contributed by atoms with van der Waals surface area (Å²) < 4.78 is 1.98. The van der Waals surface area contributed by atoms with Crippen LogP contribution in [0.2, 0.25) is 5.02 Å². The number of amides is 1. The van der Waals surface area contributed by atoms with Crippen molar-refractivity contribution in [3.63, 3.8) is 0 Å². The molecule has 5 heteroatoms. The average Bonchev–Trinajstić information content (AvgIpc) is 2.88. The largest absolute Gasteiger partial charge is 0.342 e. The van der Waals surface area contributed by atoms with Crippen LogP contribution in [0.3, 0.4) is 0 Å². The molecule has 0 spiro atoms. The van der Waals surface area contributed by atoms with Crippen LogP contribution >= 0.6 is 11.6 Å². The number of hydrogen-bond acceptors (Lipinski definition) is 2. The quantitative estimate of drug-likeness (QED) is 0.932. The molecule has 2 fully saturated rings. The van der Waals surface area contributed by atoms with Gasteiger partial charge in [-0.15, -0.1) is 0 Å². The van der Waals surface area contributed by atoms with E-state index in [1.54, 1.807) is 6.07 Å². The van der Waals surface area contributed by atoms with Gasteiger partial charge in [0.2, 0.25) is 0 Å². The molecule has 2 aliphatic heterocycles. The highest BCUT2D eigenvalue weighted by Crippen LogP contribution is 2.36. The van der Waals surface area contributed by atoms with Crippen molar-refractivity contribution in [3.8, 4) is 0 Å². The fourth-order valence-electron chi connectivity index (χ4n) is 3.76. The van der Waals surface area contributed by atoms with Crippen molar-refractivity contribution in [3.05, 3.63) is 23.0 Å². The molecular weight excluding hydrogens is 274 g/mol. The normalized spacial score (nSPS) is 28.9. The van der Waals surface area contributed by atoms with Crippen molar-refractivity contribution in [1.82, 2.24) is 9.47 Å². The summed E-state index contributed by atoms with van der Waals surface area (Å²) >= 11 is 6.08. The van der Waals surface area contributed by atoms with Gasteiger partial charge in [-0.1, -0.05) is 18.5 Å². The van der Waals surface area contributed by atoms with Crippen molar-refractivity contribution in [2.24, 2.45) is 5.73 Å². The van der Waals surface area contributed by atoms with Gasteiger partial charge in [-0.25, -0.2) is 0 Å². The fraction of sp³-hybridized carbons (Fsp3) is 0.667. The first kappa shape index (κ1) is 14.0. The van der Waals surface area contributed by atoms with Crippen molar-refractivity contribution >= 4 is 17.5 Å². The lowest BCUT2D eigenvalue weighted by molar-refractivity contribution is 0.0564. The van der Waals surface area contributed by atoms with Gasteiger partial charge in [-0.2, -0.15) is 0 Å². The second-order valence-corrected chi connectivity index (χ2v) is 6.50. The minimum Gasteiger partial charge on any atom is -0.342 e. The number of fused-ring (bicyclic) bond motifs is 2. The molecule has 110 valence electrons. The summed E-state index contributed by atoms with van der Waals surface area (Å²) in [5.74, 6) is 0.129. The second kappa shape index (κ2) is 5.41. The van der Waals surface area contributed by atoms with E-state index in [0.717, 1.165) is 44.3 Å². The van der Waals surface area contributed by atoms with Crippen molar-refractivity contribution in [2.45, 2.75) is 63.7 Å². The lowest BCUT2D eigenvalue weighted by atomic mass is 9.98. The molecule has 3 heterocycles. The monoisotopic (exact) mass is 295 g/mol. The Bertz CT molecular complexity index is 499. The van der Waals surface area contributed by atoms with Crippen LogP contribution in [0.25, 0.3) is 0 Å². The Morgan fingerprint density at radius 3 is 2.65 bits per heavy atom. The number of rotatable bonds is 3. The zero-order valence-corrected chi connectivity index (χ0v) is 12.6. The van der Waals surface area contributed by atoms with Crippen molar-refractivity contribution in [2.75, 3.05) is 0 Å². The highest BCUT2D eigenvalue weighted by Gasteiger charge is 2.43. The number of aryl methyl sites for hydroxylation is 1. The van der Waals surface area contributed by atoms with Crippen LogP contribution < -0.4 is 5.73 Å². The van der Waals surface area contributed by atoms with Crippen LogP contribution in [-0.4, -0.2) is 33.5 Å². The molecule has 20 heavy (non-hydrogen) atoms. The van der Waals surface area contributed by atoms with Crippen LogP contribution in [0.15, 0.2) is 12.3 Å². The molecule has 2 unspecified atom stereocenters. The Morgan fingerprint density at radius 1 is 1.40 bits per heavy atom. The molecule has 2 bridgehead atoms. The van der Waals surface area contributed by atoms with Gasteiger partial charge in [0.15, 0.2) is 0 Å². The Morgan fingerprint density at radius 2 is 2.05 bits per heavy atom. The van der Waals surface area contributed by atoms with Gasteiger partial charge in [0.25, 0.3) is 5.91 Å². The highest BCUT2D eigenvalue weighted by atomic mass is 35.5. The molecule has 1 amide bonds. The minimum absolute atomic E-state index is 0.129. The first-order valence-electron chi connectivity index (χ1n) is 7.54. The lowest BCUT2D eigenvalue weighted by Crippen LogP contribution is -2.50. The first-order chi connectivity index (χ1) is 9.60. The maximum Gasteiger partial charge on any atom is 0.271 e. The fourth-order valence-corrected chi connectivity index (χ4v) is 3.98. The summed E-state index contributed by atoms with van der Waals surface area (Å²) in [6, 6.07) is 2.69. The maximum atomic E-state index is 12.9. The number of piperidine rings is 1. The Labute approximate surface area is 124 Å². The Hall–Kier alpha value is -1.00. The third-order valence-electron chi connectivity index (χ3n) is 4.55. The number of hydrogen-bond donors (Lipinski definition) is 1. The van der Waals surface area contributed by atoms with Gasteiger partial charge < -0.3 is 15.2 Å². The predicted molar refractivity (Wildman–Crippen MR) is 79.9 cm³/mol. The number of halogens is 1. The van der Waals surface area contributed by atoms with Gasteiger partial charge in [0.1, 0.15) is 5.69 Å². The van der Waals surface area contributed by atoms with E-state index in [1.165, 1.54) is 0 Å². The standard InChI is InChI=1S/C15H22ClN3O/c1-2-5-18-9-10(16)6-14(18)15(20)19-12-3-4-13(19)8-11(17)7-12/h6,9,11-13H,2-5,7-8,17H2,1H3. The molecule has 2 aliphatic rings. The number of carbonyl (C=O) groups excluding carboxylic acids is 1. The summed E-state index contributed by atoms with van der Waals surface area (Å²) in [7, 11) is 0. The molecule has 2 N–H and O–H groups in total. The third-order valence-corrected chi connectivity index (χ3v) is 4.76. The number of aromatic nitrogens is 1. The Kier molecular flexibility index (Phi) is 3.78. The van der Waals surface area contributed by atoms with E-state index >= 15 is 0 Å². The van der Waals surface area contributed by atoms with Crippen molar-refractivity contribution < 1.29 is 4.79 Å². The van der Waals surface area contributed by atoms with Crippen LogP contribution in [0.5, 0.6) is 0 Å². The summed E-state index contributed by atoms with van der Waals surface area (Å²) in [5, 5.41) is 0.642. The molecule has 0 aliphatic carbocycles. The zero-order chi connectivity index (χ0) is 14.3. The molecule has 2 atom stereocenters. The molecule has 1 aromatic heterocycles. The summed E-state index contributed by atoms with van der Waals surface area (Å²) in [4.78, 5) is 15.0. The molecule has 0 aromatic carbocycles. The van der Waals surface area contributed by atoms with Crippen LogP contribution in [0, 0.1) is 0 Å². The van der Waals surface area contributed by atoms with E-state index in [2.05, 4.69) is 11.8 Å². The van der Waals surface area contributed by atoms with Gasteiger partial charge in [0.05, 0.1) is 5.02 Å². The van der Waals surface area contributed by atoms with Gasteiger partial charge in [-0.05, 0) is 38.2 Å². The molecule has 0 radical (unpaired) electrons. The molecular formula is C15H22ClN3O. The summed E-state index contributed by atoms with van der Waals surface area (Å²) in [5.41, 5.74) is 6.80. The van der Waals surface area contributed by atoms with E-state index in [1.807, 2.05) is 10.8 Å². The number of carbonyl (C=O) groups is 1. The minimum atomic E-state index is 0.129. The first-order valence-corrected chi connectivity index (χ1v) is 7.92. The van der Waals surface area contributed by atoms with E-state index in [0.29, 0.717) is 17.1 Å². The van der Waals surface area contributed by atoms with Crippen molar-refractivity contribution in [1.29, 1.82) is 0 Å². The second-order valence-electron chi connectivity index (χ2n) is 6.07. The van der Waals surface area contributed by atoms with E-state index in [-0.39, 0.29) is 11.9 Å². The van der Waals surface area contributed by atoms with Crippen LogP contribution in [0.4, 0.5) is 0 Å². The maximum absolute atomic E-state index is 12.9. The summed E-state index contributed by atoms with van der Waals surface area (Å²) in [6.07, 6.45) is 6.90. The van der Waals surface area contributed by atoms with Gasteiger partial charge >= 0.3 is 0 Å². The van der Waals surface area contributed by atoms with Crippen LogP contribution in [-0.2, 0) is 6.54 Å². The van der Waals surface area contributed by atoms with Gasteiger partial charge in [0, 0.05) is 30.9 Å². The SMILES string of the molecule is CCCn1cc(Cl)cc1C(=O)N1C2CCC1CC(N)C2. The van der Waals surface area contributed by atoms with E-state index < -0.39 is 0 Å².